The van der Waals surface area contributed by atoms with E-state index in [0.717, 1.165) is 4.90 Å². The lowest BCUT2D eigenvalue weighted by atomic mass is 10.1. The summed E-state index contributed by atoms with van der Waals surface area (Å²) in [4.78, 5) is 52.0. The Morgan fingerprint density at radius 3 is 2.19 bits per heavy atom. The molecule has 1 aromatic carbocycles. The normalized spacial score (nSPS) is 14.1. The van der Waals surface area contributed by atoms with Gasteiger partial charge in [-0.2, -0.15) is 0 Å². The van der Waals surface area contributed by atoms with Crippen LogP contribution in [0.25, 0.3) is 0 Å². The lowest BCUT2D eigenvalue weighted by molar-refractivity contribution is -0.142. The summed E-state index contributed by atoms with van der Waals surface area (Å²) in [5.41, 5.74) is 0.588. The smallest absolute Gasteiger partial charge is 0.307 e. The molecule has 1 unspecified atom stereocenters. The Balaban J connectivity index is 2.14. The number of carbonyl (C=O) groups is 4. The van der Waals surface area contributed by atoms with Gasteiger partial charge in [0.1, 0.15) is 6.04 Å². The van der Waals surface area contributed by atoms with Crippen molar-refractivity contribution < 1.29 is 28.7 Å². The number of hydrogen-bond donors (Lipinski definition) is 0. The van der Waals surface area contributed by atoms with Gasteiger partial charge < -0.3 is 14.4 Å². The fourth-order valence-corrected chi connectivity index (χ4v) is 2.99. The Hall–Kier alpha value is -2.74. The number of ether oxygens (including phenoxy) is 2. The molecule has 1 heterocycles. The first-order valence-electron chi connectivity index (χ1n) is 8.73. The third-order valence-electron chi connectivity index (χ3n) is 4.47. The second-order valence-corrected chi connectivity index (χ2v) is 6.20. The van der Waals surface area contributed by atoms with Crippen LogP contribution in [0.1, 0.15) is 40.5 Å². The number of methoxy groups -OCH3 is 2. The maximum Gasteiger partial charge on any atom is 0.307 e. The van der Waals surface area contributed by atoms with Crippen molar-refractivity contribution in [1.29, 1.82) is 0 Å². The van der Waals surface area contributed by atoms with Gasteiger partial charge in [-0.05, 0) is 25.5 Å². The molecule has 0 aliphatic carbocycles. The van der Waals surface area contributed by atoms with Crippen LogP contribution < -0.4 is 0 Å². The Morgan fingerprint density at radius 1 is 1.07 bits per heavy atom. The number of amides is 3. The molecule has 1 aromatic rings. The van der Waals surface area contributed by atoms with E-state index in [1.54, 1.807) is 31.4 Å². The Bertz CT molecular complexity index is 698. The van der Waals surface area contributed by atoms with Gasteiger partial charge in [-0.15, -0.1) is 0 Å². The van der Waals surface area contributed by atoms with Crippen molar-refractivity contribution in [1.82, 2.24) is 9.80 Å². The molecule has 0 aromatic heterocycles. The minimum absolute atomic E-state index is 0.0318. The minimum Gasteiger partial charge on any atom is -0.469 e. The maximum absolute atomic E-state index is 13.0. The van der Waals surface area contributed by atoms with Crippen molar-refractivity contribution >= 4 is 23.7 Å². The number of imide groups is 1. The van der Waals surface area contributed by atoms with E-state index in [1.165, 1.54) is 18.9 Å². The summed E-state index contributed by atoms with van der Waals surface area (Å²) < 4.78 is 9.63. The molecule has 2 rings (SSSR count). The summed E-state index contributed by atoms with van der Waals surface area (Å²) in [5.74, 6) is -1.81. The highest BCUT2D eigenvalue weighted by Gasteiger charge is 2.41. The van der Waals surface area contributed by atoms with Crippen LogP contribution in [-0.4, -0.2) is 73.4 Å². The van der Waals surface area contributed by atoms with E-state index in [4.69, 9.17) is 4.74 Å². The monoisotopic (exact) mass is 376 g/mol. The van der Waals surface area contributed by atoms with Crippen LogP contribution in [-0.2, 0) is 19.1 Å². The third kappa shape index (κ3) is 4.51. The molecule has 8 heteroatoms. The summed E-state index contributed by atoms with van der Waals surface area (Å²) in [6.07, 6.45) is 0.600. The van der Waals surface area contributed by atoms with E-state index in [2.05, 4.69) is 4.74 Å². The molecule has 1 aliphatic rings. The van der Waals surface area contributed by atoms with Gasteiger partial charge in [0.25, 0.3) is 11.8 Å². The number of hydrogen-bond acceptors (Lipinski definition) is 6. The van der Waals surface area contributed by atoms with Gasteiger partial charge in [-0.3, -0.25) is 24.1 Å². The first kappa shape index (κ1) is 20.6. The van der Waals surface area contributed by atoms with Crippen molar-refractivity contribution in [3.63, 3.8) is 0 Å². The molecule has 0 bridgehead atoms. The van der Waals surface area contributed by atoms with E-state index < -0.39 is 29.7 Å². The number of rotatable bonds is 9. The molecular formula is C19H24N2O6. The molecule has 1 aliphatic heterocycles. The topological polar surface area (TPSA) is 93.2 Å². The fraction of sp³-hybridized carbons (Fsp3) is 0.474. The summed E-state index contributed by atoms with van der Waals surface area (Å²) in [6.45, 7) is 2.45. The number of benzene rings is 1. The van der Waals surface area contributed by atoms with Gasteiger partial charge >= 0.3 is 5.97 Å². The van der Waals surface area contributed by atoms with E-state index in [0.29, 0.717) is 30.7 Å². The van der Waals surface area contributed by atoms with Gasteiger partial charge in [0.15, 0.2) is 0 Å². The Labute approximate surface area is 158 Å². The molecule has 0 saturated heterocycles. The predicted octanol–water partition coefficient (Wildman–Crippen LogP) is 1.10. The van der Waals surface area contributed by atoms with Crippen LogP contribution in [0.4, 0.5) is 0 Å². The Morgan fingerprint density at radius 2 is 1.67 bits per heavy atom. The molecule has 0 radical (unpaired) electrons. The van der Waals surface area contributed by atoms with Crippen LogP contribution in [0.3, 0.4) is 0 Å². The summed E-state index contributed by atoms with van der Waals surface area (Å²) in [7, 11) is 2.84. The maximum atomic E-state index is 13.0. The minimum atomic E-state index is -0.974. The van der Waals surface area contributed by atoms with Crippen LogP contribution in [0.5, 0.6) is 0 Å². The summed E-state index contributed by atoms with van der Waals surface area (Å²) in [5, 5.41) is 0. The lowest BCUT2D eigenvalue weighted by Crippen LogP contribution is -2.50. The molecular weight excluding hydrogens is 352 g/mol. The second-order valence-electron chi connectivity index (χ2n) is 6.20. The summed E-state index contributed by atoms with van der Waals surface area (Å²) >= 11 is 0. The molecule has 3 amide bonds. The molecule has 146 valence electrons. The van der Waals surface area contributed by atoms with Gasteiger partial charge in [0, 0.05) is 26.8 Å². The van der Waals surface area contributed by atoms with E-state index in [-0.39, 0.29) is 13.0 Å². The second kappa shape index (κ2) is 9.27. The predicted molar refractivity (Wildman–Crippen MR) is 96.1 cm³/mol. The highest BCUT2D eigenvalue weighted by molar-refractivity contribution is 6.22. The van der Waals surface area contributed by atoms with Gasteiger partial charge in [0.2, 0.25) is 5.91 Å². The number of esters is 1. The number of carbonyl (C=O) groups excluding carboxylic acids is 4. The van der Waals surface area contributed by atoms with Crippen molar-refractivity contribution in [2.45, 2.75) is 25.8 Å². The van der Waals surface area contributed by atoms with Crippen molar-refractivity contribution in [2.24, 2.45) is 0 Å². The van der Waals surface area contributed by atoms with Crippen LogP contribution in [0, 0.1) is 0 Å². The largest absolute Gasteiger partial charge is 0.469 e. The zero-order valence-corrected chi connectivity index (χ0v) is 15.8. The highest BCUT2D eigenvalue weighted by Crippen LogP contribution is 2.25. The lowest BCUT2D eigenvalue weighted by Gasteiger charge is -2.29. The zero-order valence-electron chi connectivity index (χ0n) is 15.8. The van der Waals surface area contributed by atoms with Crippen LogP contribution in [0.15, 0.2) is 24.3 Å². The van der Waals surface area contributed by atoms with Crippen molar-refractivity contribution in [3.8, 4) is 0 Å². The average Bonchev–Trinajstić information content (AvgIpc) is 2.94. The number of fused-ring (bicyclic) bond motifs is 1. The molecule has 0 N–H and O–H groups in total. The van der Waals surface area contributed by atoms with E-state index in [1.807, 2.05) is 0 Å². The van der Waals surface area contributed by atoms with E-state index >= 15 is 0 Å². The van der Waals surface area contributed by atoms with Crippen molar-refractivity contribution in [2.75, 3.05) is 33.9 Å². The highest BCUT2D eigenvalue weighted by atomic mass is 16.5. The standard InChI is InChI=1S/C19H24N2O6/c1-13(21-18(24)14-7-4-5-8-15(14)19(21)25)17(23)20(10-6-12-26-2)11-9-16(22)27-3/h4-5,7-8,13H,6,9-12H2,1-3H3. The third-order valence-corrected chi connectivity index (χ3v) is 4.47. The first-order chi connectivity index (χ1) is 12.9. The summed E-state index contributed by atoms with van der Waals surface area (Å²) in [6, 6.07) is 5.51. The Kier molecular flexibility index (Phi) is 7.06. The van der Waals surface area contributed by atoms with Crippen molar-refractivity contribution in [3.05, 3.63) is 35.4 Å². The molecule has 0 saturated carbocycles. The van der Waals surface area contributed by atoms with Gasteiger partial charge in [-0.1, -0.05) is 12.1 Å². The van der Waals surface area contributed by atoms with Crippen LogP contribution >= 0.6 is 0 Å². The zero-order chi connectivity index (χ0) is 20.0. The fourth-order valence-electron chi connectivity index (χ4n) is 2.99. The SMILES string of the molecule is COCCCN(CCC(=O)OC)C(=O)C(C)N1C(=O)c2ccccc2C1=O. The quantitative estimate of drug-likeness (QED) is 0.364. The molecule has 0 fully saturated rings. The van der Waals surface area contributed by atoms with Crippen LogP contribution in [0.2, 0.25) is 0 Å². The van der Waals surface area contributed by atoms with E-state index in [9.17, 15) is 19.2 Å². The average molecular weight is 376 g/mol. The number of nitrogens with zero attached hydrogens (tertiary/aromatic N) is 2. The molecule has 1 atom stereocenters. The van der Waals surface area contributed by atoms with Gasteiger partial charge in [0.05, 0.1) is 24.7 Å². The molecule has 27 heavy (non-hydrogen) atoms. The van der Waals surface area contributed by atoms with Gasteiger partial charge in [-0.25, -0.2) is 0 Å². The first-order valence-corrected chi connectivity index (χ1v) is 8.73. The molecule has 8 nitrogen and oxygen atoms in total. The molecule has 0 spiro atoms.